The molecule has 3 aromatic rings. The maximum atomic E-state index is 6.54. The Bertz CT molecular complexity index is 1060. The molecule has 0 amide bonds. The first-order valence-corrected chi connectivity index (χ1v) is 12.3. The van der Waals surface area contributed by atoms with E-state index in [1.54, 1.807) is 6.08 Å². The van der Waals surface area contributed by atoms with Gasteiger partial charge >= 0.3 is 0 Å². The number of fused-ring (bicyclic) bond motifs is 1. The fraction of sp³-hybridized carbons (Fsp3) is 0.333. The van der Waals surface area contributed by atoms with Crippen LogP contribution >= 0.6 is 0 Å². The number of rotatable bonds is 10. The van der Waals surface area contributed by atoms with Crippen molar-refractivity contribution < 1.29 is 28.4 Å². The van der Waals surface area contributed by atoms with Crippen LogP contribution < -0.4 is 0 Å². The molecule has 2 aliphatic rings. The molecule has 5 rings (SSSR count). The molecular weight excluding hydrogens is 456 g/mol. The van der Waals surface area contributed by atoms with Crippen LogP contribution in [0, 0.1) is 0 Å². The predicted molar refractivity (Wildman–Crippen MR) is 135 cm³/mol. The van der Waals surface area contributed by atoms with Gasteiger partial charge in [-0.3, -0.25) is 0 Å². The molecule has 3 aromatic carbocycles. The molecule has 0 N–H and O–H groups in total. The Balaban J connectivity index is 1.40. The summed E-state index contributed by atoms with van der Waals surface area (Å²) >= 11 is 0. The molecule has 2 heterocycles. The maximum Gasteiger partial charge on any atom is 0.187 e. The molecule has 2 saturated heterocycles. The molecule has 6 heteroatoms. The van der Waals surface area contributed by atoms with Gasteiger partial charge in [0, 0.05) is 5.56 Å². The van der Waals surface area contributed by atoms with Gasteiger partial charge in [-0.2, -0.15) is 0 Å². The molecule has 0 aliphatic carbocycles. The van der Waals surface area contributed by atoms with Crippen LogP contribution in [0.4, 0.5) is 0 Å². The summed E-state index contributed by atoms with van der Waals surface area (Å²) < 4.78 is 37.9. The van der Waals surface area contributed by atoms with Crippen molar-refractivity contribution in [2.75, 3.05) is 13.2 Å². The summed E-state index contributed by atoms with van der Waals surface area (Å²) in [6.45, 7) is 5.27. The Morgan fingerprint density at radius 2 is 1.31 bits per heavy atom. The average molecular weight is 489 g/mol. The fourth-order valence-corrected chi connectivity index (χ4v) is 4.52. The summed E-state index contributed by atoms with van der Waals surface area (Å²) in [5.41, 5.74) is 3.07. The minimum absolute atomic E-state index is 0.326. The van der Waals surface area contributed by atoms with E-state index >= 15 is 0 Å². The first-order chi connectivity index (χ1) is 17.8. The number of benzene rings is 3. The van der Waals surface area contributed by atoms with E-state index in [9.17, 15) is 0 Å². The van der Waals surface area contributed by atoms with E-state index in [0.29, 0.717) is 26.4 Å². The van der Waals surface area contributed by atoms with Crippen LogP contribution in [0.15, 0.2) is 104 Å². The second kappa shape index (κ2) is 12.4. The normalized spacial score (nSPS) is 27.8. The molecule has 0 radical (unpaired) electrons. The zero-order chi connectivity index (χ0) is 24.6. The molecule has 2 fully saturated rings. The van der Waals surface area contributed by atoms with Crippen molar-refractivity contribution in [1.82, 2.24) is 0 Å². The van der Waals surface area contributed by atoms with Gasteiger partial charge < -0.3 is 28.4 Å². The van der Waals surface area contributed by atoms with Crippen LogP contribution in [0.5, 0.6) is 0 Å². The van der Waals surface area contributed by atoms with Gasteiger partial charge in [-0.15, -0.1) is 6.58 Å². The lowest BCUT2D eigenvalue weighted by molar-refractivity contribution is -0.371. The summed E-state index contributed by atoms with van der Waals surface area (Å²) in [5, 5.41) is 0. The van der Waals surface area contributed by atoms with E-state index in [4.69, 9.17) is 28.4 Å². The monoisotopic (exact) mass is 488 g/mol. The number of ether oxygens (including phenoxy) is 6. The van der Waals surface area contributed by atoms with E-state index in [1.165, 1.54) is 0 Å². The lowest BCUT2D eigenvalue weighted by Crippen LogP contribution is -2.63. The van der Waals surface area contributed by atoms with E-state index < -0.39 is 30.9 Å². The van der Waals surface area contributed by atoms with E-state index in [-0.39, 0.29) is 6.10 Å². The van der Waals surface area contributed by atoms with Crippen molar-refractivity contribution in [3.8, 4) is 0 Å². The zero-order valence-electron chi connectivity index (χ0n) is 20.2. The molecule has 36 heavy (non-hydrogen) atoms. The largest absolute Gasteiger partial charge is 0.368 e. The van der Waals surface area contributed by atoms with Gasteiger partial charge in [-0.05, 0) is 11.1 Å². The highest BCUT2D eigenvalue weighted by Crippen LogP contribution is 2.37. The van der Waals surface area contributed by atoms with E-state index in [2.05, 4.69) is 6.58 Å². The number of hydrogen-bond donors (Lipinski definition) is 0. The van der Waals surface area contributed by atoms with Crippen molar-refractivity contribution >= 4 is 0 Å². The Labute approximate surface area is 212 Å². The van der Waals surface area contributed by atoms with E-state index in [1.807, 2.05) is 91.0 Å². The summed E-state index contributed by atoms with van der Waals surface area (Å²) in [5.74, 6) is 0. The molecule has 6 atom stereocenters. The highest BCUT2D eigenvalue weighted by molar-refractivity contribution is 5.17. The first-order valence-electron chi connectivity index (χ1n) is 12.3. The predicted octanol–water partition coefficient (Wildman–Crippen LogP) is 5.20. The van der Waals surface area contributed by atoms with Gasteiger partial charge in [0.05, 0.1) is 26.4 Å². The Morgan fingerprint density at radius 3 is 1.92 bits per heavy atom. The summed E-state index contributed by atoms with van der Waals surface area (Å²) in [6.07, 6.45) is -1.21. The number of hydrogen-bond acceptors (Lipinski definition) is 6. The van der Waals surface area contributed by atoms with Gasteiger partial charge in [0.15, 0.2) is 12.6 Å². The molecule has 0 bridgehead atoms. The summed E-state index contributed by atoms with van der Waals surface area (Å²) in [4.78, 5) is 0. The SMILES string of the molecule is C=CCO[C@H]1O[C@@H]2CO[C@@H](c3ccccc3)O[C@H]2[C@H](OCc2ccccc2)[C@@H]1OCc1ccccc1. The maximum absolute atomic E-state index is 6.54. The van der Waals surface area contributed by atoms with Crippen molar-refractivity contribution in [2.24, 2.45) is 0 Å². The molecule has 0 saturated carbocycles. The Kier molecular flexibility index (Phi) is 8.56. The second-order valence-electron chi connectivity index (χ2n) is 8.86. The van der Waals surface area contributed by atoms with Crippen LogP contribution in [0.25, 0.3) is 0 Å². The third-order valence-electron chi connectivity index (χ3n) is 6.30. The standard InChI is InChI=1S/C30H32O6/c1-2-18-31-30-28(33-20-23-14-8-4-9-15-23)27(32-19-22-12-6-3-7-13-22)26-25(35-30)21-34-29(36-26)24-16-10-5-11-17-24/h2-17,25-30H,1,18-21H2/t25-,26-,27+,28+,29-,30+/m1/s1. The highest BCUT2D eigenvalue weighted by atomic mass is 16.8. The average Bonchev–Trinajstić information content (AvgIpc) is 2.95. The quantitative estimate of drug-likeness (QED) is 0.366. The van der Waals surface area contributed by atoms with Gasteiger partial charge in [-0.1, -0.05) is 97.1 Å². The van der Waals surface area contributed by atoms with Crippen LogP contribution in [-0.2, 0) is 41.6 Å². The van der Waals surface area contributed by atoms with Crippen LogP contribution in [0.2, 0.25) is 0 Å². The zero-order valence-corrected chi connectivity index (χ0v) is 20.2. The van der Waals surface area contributed by atoms with Crippen LogP contribution in [-0.4, -0.2) is 43.9 Å². The minimum Gasteiger partial charge on any atom is -0.368 e. The Hall–Kier alpha value is -2.84. The molecular formula is C30H32O6. The smallest absolute Gasteiger partial charge is 0.187 e. The minimum atomic E-state index is -0.658. The van der Waals surface area contributed by atoms with Crippen LogP contribution in [0.1, 0.15) is 23.0 Å². The summed E-state index contributed by atoms with van der Waals surface area (Å²) in [7, 11) is 0. The molecule has 0 unspecified atom stereocenters. The summed E-state index contributed by atoms with van der Waals surface area (Å²) in [6, 6.07) is 30.0. The van der Waals surface area contributed by atoms with Crippen molar-refractivity contribution in [3.05, 3.63) is 120 Å². The lowest BCUT2D eigenvalue weighted by Gasteiger charge is -2.48. The highest BCUT2D eigenvalue weighted by Gasteiger charge is 2.51. The first kappa shape index (κ1) is 24.8. The van der Waals surface area contributed by atoms with Crippen molar-refractivity contribution in [3.63, 3.8) is 0 Å². The third-order valence-corrected chi connectivity index (χ3v) is 6.30. The van der Waals surface area contributed by atoms with Gasteiger partial charge in [0.25, 0.3) is 0 Å². The van der Waals surface area contributed by atoms with Gasteiger partial charge in [0.1, 0.15) is 24.4 Å². The third kappa shape index (κ3) is 6.10. The molecule has 6 nitrogen and oxygen atoms in total. The second-order valence-corrected chi connectivity index (χ2v) is 8.86. The molecule has 0 aromatic heterocycles. The van der Waals surface area contributed by atoms with Gasteiger partial charge in [-0.25, -0.2) is 0 Å². The molecule has 2 aliphatic heterocycles. The molecule has 188 valence electrons. The lowest BCUT2D eigenvalue weighted by atomic mass is 9.97. The Morgan fingerprint density at radius 1 is 0.722 bits per heavy atom. The molecule has 0 spiro atoms. The topological polar surface area (TPSA) is 55.4 Å². The van der Waals surface area contributed by atoms with Crippen LogP contribution in [0.3, 0.4) is 0 Å². The van der Waals surface area contributed by atoms with Crippen molar-refractivity contribution in [1.29, 1.82) is 0 Å². The van der Waals surface area contributed by atoms with Crippen molar-refractivity contribution in [2.45, 2.75) is 50.2 Å². The fourth-order valence-electron chi connectivity index (χ4n) is 4.52. The van der Waals surface area contributed by atoms with Gasteiger partial charge in [0.2, 0.25) is 0 Å². The van der Waals surface area contributed by atoms with E-state index in [0.717, 1.165) is 16.7 Å².